The molecule has 0 aliphatic carbocycles. The quantitative estimate of drug-likeness (QED) is 0.741. The highest BCUT2D eigenvalue weighted by Crippen LogP contribution is 2.16. The van der Waals surface area contributed by atoms with Crippen molar-refractivity contribution < 1.29 is 9.90 Å². The summed E-state index contributed by atoms with van der Waals surface area (Å²) in [4.78, 5) is 17.2. The molecule has 104 valence electrons. The van der Waals surface area contributed by atoms with E-state index in [1.165, 1.54) is 31.5 Å². The molecule has 0 spiro atoms. The first-order valence-corrected chi connectivity index (χ1v) is 6.62. The van der Waals surface area contributed by atoms with Gasteiger partial charge in [-0.15, -0.1) is 0 Å². The second-order valence-corrected chi connectivity index (χ2v) is 4.80. The molecule has 19 heavy (non-hydrogen) atoms. The molecule has 0 amide bonds. The fraction of sp³-hybridized carbons (Fsp3) is 0.538. The van der Waals surface area contributed by atoms with E-state index in [9.17, 15) is 4.79 Å². The Hall–Kier alpha value is -1.82. The van der Waals surface area contributed by atoms with Gasteiger partial charge >= 0.3 is 5.97 Å². The van der Waals surface area contributed by atoms with Gasteiger partial charge in [0.2, 0.25) is 0 Å². The predicted octanol–water partition coefficient (Wildman–Crippen LogP) is 1.26. The number of carboxylic acid groups (broad SMARTS) is 1. The third-order valence-electron chi connectivity index (χ3n) is 3.33. The van der Waals surface area contributed by atoms with Crippen LogP contribution in [0.2, 0.25) is 0 Å². The van der Waals surface area contributed by atoms with E-state index in [2.05, 4.69) is 15.2 Å². The number of anilines is 2. The molecule has 0 bridgehead atoms. The maximum absolute atomic E-state index is 10.8. The first-order chi connectivity index (χ1) is 9.16. The summed E-state index contributed by atoms with van der Waals surface area (Å²) in [6.45, 7) is 4.04. The molecule has 0 atom stereocenters. The zero-order valence-electron chi connectivity index (χ0n) is 10.9. The number of nitrogens with one attached hydrogen (secondary N) is 1. The summed E-state index contributed by atoms with van der Waals surface area (Å²) in [6.07, 6.45) is 5.19. The first kappa shape index (κ1) is 13.6. The molecule has 0 saturated carbocycles. The minimum absolute atomic E-state index is 0.110. The van der Waals surface area contributed by atoms with Crippen LogP contribution in [0, 0.1) is 0 Å². The van der Waals surface area contributed by atoms with Crippen LogP contribution >= 0.6 is 0 Å². The van der Waals surface area contributed by atoms with Crippen LogP contribution in [0.4, 0.5) is 11.5 Å². The summed E-state index contributed by atoms with van der Waals surface area (Å²) in [5.74, 6) is -0.457. The van der Waals surface area contributed by atoms with Crippen LogP contribution in [0.15, 0.2) is 12.3 Å². The van der Waals surface area contributed by atoms with E-state index in [0.29, 0.717) is 11.5 Å². The molecule has 6 nitrogen and oxygen atoms in total. The molecular formula is C13H20N4O2. The summed E-state index contributed by atoms with van der Waals surface area (Å²) < 4.78 is 0. The molecule has 0 radical (unpaired) electrons. The standard InChI is InChI=1S/C13H20N4O2/c14-11-8-10(13(18)19)9-16-12(11)15-4-7-17-5-2-1-3-6-17/h8-9H,1-7,14H2,(H,15,16)(H,18,19). The summed E-state index contributed by atoms with van der Waals surface area (Å²) in [5.41, 5.74) is 6.26. The molecule has 1 aliphatic rings. The molecule has 2 heterocycles. The van der Waals surface area contributed by atoms with Crippen molar-refractivity contribution in [1.82, 2.24) is 9.88 Å². The van der Waals surface area contributed by atoms with Crippen LogP contribution in [0.1, 0.15) is 29.6 Å². The fourth-order valence-electron chi connectivity index (χ4n) is 2.26. The minimum atomic E-state index is -1.01. The van der Waals surface area contributed by atoms with Crippen LogP contribution in [-0.2, 0) is 0 Å². The number of piperidine rings is 1. The minimum Gasteiger partial charge on any atom is -0.478 e. The second-order valence-electron chi connectivity index (χ2n) is 4.80. The average molecular weight is 264 g/mol. The van der Waals surface area contributed by atoms with Crippen LogP contribution < -0.4 is 11.1 Å². The summed E-state index contributed by atoms with van der Waals surface area (Å²) in [6, 6.07) is 1.43. The zero-order chi connectivity index (χ0) is 13.7. The Morgan fingerprint density at radius 3 is 2.79 bits per heavy atom. The number of hydrogen-bond donors (Lipinski definition) is 3. The SMILES string of the molecule is Nc1cc(C(=O)O)cnc1NCCN1CCCCC1. The third-order valence-corrected chi connectivity index (χ3v) is 3.33. The van der Waals surface area contributed by atoms with E-state index < -0.39 is 5.97 Å². The molecule has 4 N–H and O–H groups in total. The van der Waals surface area contributed by atoms with Gasteiger partial charge in [-0.1, -0.05) is 6.42 Å². The van der Waals surface area contributed by atoms with Gasteiger partial charge in [0, 0.05) is 19.3 Å². The monoisotopic (exact) mass is 264 g/mol. The number of rotatable bonds is 5. The molecule has 1 aliphatic heterocycles. The van der Waals surface area contributed by atoms with Gasteiger partial charge in [0.25, 0.3) is 0 Å². The first-order valence-electron chi connectivity index (χ1n) is 6.62. The van der Waals surface area contributed by atoms with Gasteiger partial charge in [-0.05, 0) is 32.0 Å². The van der Waals surface area contributed by atoms with Crippen molar-refractivity contribution in [3.05, 3.63) is 17.8 Å². The van der Waals surface area contributed by atoms with E-state index in [1.807, 2.05) is 0 Å². The summed E-state index contributed by atoms with van der Waals surface area (Å²) >= 11 is 0. The van der Waals surface area contributed by atoms with Crippen LogP contribution in [-0.4, -0.2) is 47.1 Å². The molecular weight excluding hydrogens is 244 g/mol. The number of aromatic nitrogens is 1. The Bertz CT molecular complexity index is 444. The number of pyridine rings is 1. The molecule has 1 aromatic rings. The smallest absolute Gasteiger partial charge is 0.337 e. The van der Waals surface area contributed by atoms with Crippen molar-refractivity contribution in [1.29, 1.82) is 0 Å². The van der Waals surface area contributed by atoms with Crippen LogP contribution in [0.5, 0.6) is 0 Å². The van der Waals surface area contributed by atoms with E-state index in [4.69, 9.17) is 10.8 Å². The van der Waals surface area contributed by atoms with Crippen molar-refractivity contribution >= 4 is 17.5 Å². The largest absolute Gasteiger partial charge is 0.478 e. The maximum atomic E-state index is 10.8. The Labute approximate surface area is 112 Å². The lowest BCUT2D eigenvalue weighted by Gasteiger charge is -2.26. The van der Waals surface area contributed by atoms with Crippen molar-refractivity contribution in [2.45, 2.75) is 19.3 Å². The predicted molar refractivity (Wildman–Crippen MR) is 74.4 cm³/mol. The number of likely N-dealkylation sites (tertiary alicyclic amines) is 1. The van der Waals surface area contributed by atoms with Gasteiger partial charge < -0.3 is 21.1 Å². The molecule has 1 fully saturated rings. The number of aromatic carboxylic acids is 1. The number of hydrogen-bond acceptors (Lipinski definition) is 5. The molecule has 1 saturated heterocycles. The highest BCUT2D eigenvalue weighted by Gasteiger charge is 2.10. The number of carboxylic acids is 1. The summed E-state index contributed by atoms with van der Waals surface area (Å²) in [5, 5.41) is 12.0. The Morgan fingerprint density at radius 2 is 2.16 bits per heavy atom. The van der Waals surface area contributed by atoms with E-state index in [-0.39, 0.29) is 5.56 Å². The lowest BCUT2D eigenvalue weighted by Crippen LogP contribution is -2.33. The molecule has 1 aromatic heterocycles. The van der Waals surface area contributed by atoms with Gasteiger partial charge in [0.1, 0.15) is 5.82 Å². The Morgan fingerprint density at radius 1 is 1.42 bits per heavy atom. The van der Waals surface area contributed by atoms with Crippen molar-refractivity contribution in [2.75, 3.05) is 37.2 Å². The molecule has 0 aromatic carbocycles. The lowest BCUT2D eigenvalue weighted by molar-refractivity contribution is 0.0696. The van der Waals surface area contributed by atoms with Crippen molar-refractivity contribution in [2.24, 2.45) is 0 Å². The third kappa shape index (κ3) is 3.82. The van der Waals surface area contributed by atoms with Crippen LogP contribution in [0.25, 0.3) is 0 Å². The number of nitrogen functional groups attached to an aromatic ring is 1. The normalized spacial score (nSPS) is 16.2. The second kappa shape index (κ2) is 6.38. The van der Waals surface area contributed by atoms with E-state index in [1.54, 1.807) is 0 Å². The Balaban J connectivity index is 1.83. The highest BCUT2D eigenvalue weighted by atomic mass is 16.4. The van der Waals surface area contributed by atoms with Gasteiger partial charge in [-0.25, -0.2) is 9.78 Å². The van der Waals surface area contributed by atoms with E-state index >= 15 is 0 Å². The molecule has 6 heteroatoms. The van der Waals surface area contributed by atoms with Gasteiger partial charge in [-0.2, -0.15) is 0 Å². The molecule has 0 unspecified atom stereocenters. The highest BCUT2D eigenvalue weighted by molar-refractivity contribution is 5.89. The van der Waals surface area contributed by atoms with Gasteiger partial charge in [-0.3, -0.25) is 0 Å². The van der Waals surface area contributed by atoms with Crippen molar-refractivity contribution in [3.8, 4) is 0 Å². The molecule has 2 rings (SSSR count). The number of carbonyl (C=O) groups is 1. The average Bonchev–Trinajstić information content (AvgIpc) is 2.41. The van der Waals surface area contributed by atoms with Gasteiger partial charge in [0.05, 0.1) is 11.3 Å². The Kier molecular flexibility index (Phi) is 4.57. The topological polar surface area (TPSA) is 91.5 Å². The number of nitrogens with two attached hydrogens (primary N) is 1. The summed E-state index contributed by atoms with van der Waals surface area (Å²) in [7, 11) is 0. The fourth-order valence-corrected chi connectivity index (χ4v) is 2.26. The van der Waals surface area contributed by atoms with E-state index in [0.717, 1.165) is 26.2 Å². The van der Waals surface area contributed by atoms with Crippen molar-refractivity contribution in [3.63, 3.8) is 0 Å². The number of nitrogens with zero attached hydrogens (tertiary/aromatic N) is 2. The lowest BCUT2D eigenvalue weighted by atomic mass is 10.1. The zero-order valence-corrected chi connectivity index (χ0v) is 10.9. The maximum Gasteiger partial charge on any atom is 0.337 e. The van der Waals surface area contributed by atoms with Crippen LogP contribution in [0.3, 0.4) is 0 Å². The van der Waals surface area contributed by atoms with Gasteiger partial charge in [0.15, 0.2) is 0 Å².